The summed E-state index contributed by atoms with van der Waals surface area (Å²) in [5.74, 6) is 1.29. The summed E-state index contributed by atoms with van der Waals surface area (Å²) >= 11 is 0. The highest BCUT2D eigenvalue weighted by molar-refractivity contribution is 5.86. The molecule has 2 rings (SSSR count). The second-order valence-electron chi connectivity index (χ2n) is 4.35. The third kappa shape index (κ3) is 2.23. The number of Topliss-reactive ketones (excluding diaryl/α,β-unsaturated/α-hetero) is 2. The average Bonchev–Trinajstić information content (AvgIpc) is 2.60. The first-order chi connectivity index (χ1) is 6.27. The predicted molar refractivity (Wildman–Crippen MR) is 54.7 cm³/mol. The molecule has 0 heterocycles. The summed E-state index contributed by atoms with van der Waals surface area (Å²) < 4.78 is 0. The van der Waals surface area contributed by atoms with E-state index in [0.717, 1.165) is 32.1 Å². The van der Waals surface area contributed by atoms with Crippen LogP contribution in [0.15, 0.2) is 0 Å². The highest BCUT2D eigenvalue weighted by Crippen LogP contribution is 2.35. The van der Waals surface area contributed by atoms with Gasteiger partial charge in [-0.15, -0.1) is 0 Å². The van der Waals surface area contributed by atoms with Crippen molar-refractivity contribution in [1.29, 1.82) is 0 Å². The minimum absolute atomic E-state index is 0. The van der Waals surface area contributed by atoms with Crippen LogP contribution in [0, 0.1) is 19.3 Å². The van der Waals surface area contributed by atoms with Crippen molar-refractivity contribution in [3.05, 3.63) is 7.43 Å². The standard InChI is InChI=1S/C11H16O2.CH2/c12-10-3-1-2-4-11(13)9-6-5-8(10)7-9;/h8-9H,1-7H2;1H2. The Hall–Kier alpha value is -0.660. The molecule has 0 aromatic carbocycles. The molecule has 0 amide bonds. The molecule has 0 spiro atoms. The van der Waals surface area contributed by atoms with E-state index in [-0.39, 0.29) is 19.3 Å². The fourth-order valence-corrected chi connectivity index (χ4v) is 2.57. The van der Waals surface area contributed by atoms with E-state index in [1.165, 1.54) is 0 Å². The quantitative estimate of drug-likeness (QED) is 0.593. The molecular formula is C12H18O2. The van der Waals surface area contributed by atoms with Crippen molar-refractivity contribution in [3.63, 3.8) is 0 Å². The lowest BCUT2D eigenvalue weighted by molar-refractivity contribution is -0.123. The van der Waals surface area contributed by atoms with Gasteiger partial charge in [0, 0.05) is 24.7 Å². The molecule has 0 N–H and O–H groups in total. The molecular weight excluding hydrogens is 176 g/mol. The number of carbonyl (C=O) groups is 2. The second-order valence-corrected chi connectivity index (χ2v) is 4.35. The smallest absolute Gasteiger partial charge is 0.136 e. The van der Waals surface area contributed by atoms with Gasteiger partial charge in [0.1, 0.15) is 11.6 Å². The zero-order valence-corrected chi connectivity index (χ0v) is 8.63. The summed E-state index contributed by atoms with van der Waals surface area (Å²) in [5, 5.41) is 0. The van der Waals surface area contributed by atoms with Crippen LogP contribution in [0.4, 0.5) is 0 Å². The van der Waals surface area contributed by atoms with E-state index < -0.39 is 0 Å². The highest BCUT2D eigenvalue weighted by atomic mass is 16.1. The number of hydrogen-bond acceptors (Lipinski definition) is 2. The maximum absolute atomic E-state index is 11.6. The lowest BCUT2D eigenvalue weighted by Gasteiger charge is -2.05. The average molecular weight is 194 g/mol. The van der Waals surface area contributed by atoms with Crippen molar-refractivity contribution >= 4 is 11.6 Å². The van der Waals surface area contributed by atoms with Crippen LogP contribution in [0.5, 0.6) is 0 Å². The van der Waals surface area contributed by atoms with E-state index in [0.29, 0.717) is 24.4 Å². The number of ketones is 2. The van der Waals surface area contributed by atoms with Gasteiger partial charge in [-0.05, 0) is 32.1 Å². The molecule has 2 nitrogen and oxygen atoms in total. The van der Waals surface area contributed by atoms with Crippen LogP contribution < -0.4 is 0 Å². The van der Waals surface area contributed by atoms with Crippen molar-refractivity contribution in [2.75, 3.05) is 0 Å². The maximum atomic E-state index is 11.6. The first-order valence-electron chi connectivity index (χ1n) is 5.33. The fraction of sp³-hybridized carbons (Fsp3) is 0.750. The third-order valence-electron chi connectivity index (χ3n) is 3.44. The van der Waals surface area contributed by atoms with Gasteiger partial charge in [-0.1, -0.05) is 7.43 Å². The Morgan fingerprint density at radius 2 is 1.29 bits per heavy atom. The van der Waals surface area contributed by atoms with Gasteiger partial charge in [0.2, 0.25) is 0 Å². The van der Waals surface area contributed by atoms with Crippen LogP contribution in [0.25, 0.3) is 0 Å². The Balaban J connectivity index is 0.000000980. The molecule has 2 radical (unpaired) electrons. The van der Waals surface area contributed by atoms with Gasteiger partial charge in [-0.25, -0.2) is 0 Å². The van der Waals surface area contributed by atoms with E-state index in [2.05, 4.69) is 0 Å². The van der Waals surface area contributed by atoms with Crippen molar-refractivity contribution < 1.29 is 9.59 Å². The van der Waals surface area contributed by atoms with Gasteiger partial charge < -0.3 is 0 Å². The molecule has 2 bridgehead atoms. The first kappa shape index (κ1) is 11.4. The summed E-state index contributed by atoms with van der Waals surface area (Å²) in [4.78, 5) is 23.1. The van der Waals surface area contributed by atoms with Gasteiger partial charge >= 0.3 is 0 Å². The van der Waals surface area contributed by atoms with Crippen LogP contribution in [0.2, 0.25) is 0 Å². The van der Waals surface area contributed by atoms with Gasteiger partial charge in [0.05, 0.1) is 0 Å². The monoisotopic (exact) mass is 194 g/mol. The van der Waals surface area contributed by atoms with Crippen LogP contribution in [-0.4, -0.2) is 11.6 Å². The molecule has 2 unspecified atom stereocenters. The predicted octanol–water partition coefficient (Wildman–Crippen LogP) is 2.44. The summed E-state index contributed by atoms with van der Waals surface area (Å²) in [5.41, 5.74) is 0. The summed E-state index contributed by atoms with van der Waals surface area (Å²) in [7, 11) is 0. The van der Waals surface area contributed by atoms with Gasteiger partial charge in [-0.2, -0.15) is 0 Å². The molecule has 2 heteroatoms. The zero-order valence-electron chi connectivity index (χ0n) is 8.63. The van der Waals surface area contributed by atoms with Crippen molar-refractivity contribution in [3.8, 4) is 0 Å². The summed E-state index contributed by atoms with van der Waals surface area (Å²) in [6.45, 7) is 0. The minimum atomic E-state index is 0. The fourth-order valence-electron chi connectivity index (χ4n) is 2.57. The van der Waals surface area contributed by atoms with Crippen LogP contribution in [0.1, 0.15) is 44.9 Å². The third-order valence-corrected chi connectivity index (χ3v) is 3.44. The molecule has 2 fully saturated rings. The largest absolute Gasteiger partial charge is 0.299 e. The SMILES string of the molecule is O=C1CCCCC(=O)C2CCC1C2.[CH2]. The molecule has 2 aliphatic rings. The Kier molecular flexibility index (Phi) is 3.85. The number of fused-ring (bicyclic) bond motifs is 2. The molecule has 0 aromatic rings. The Labute approximate surface area is 86.1 Å². The molecule has 14 heavy (non-hydrogen) atoms. The van der Waals surface area contributed by atoms with Crippen LogP contribution >= 0.6 is 0 Å². The van der Waals surface area contributed by atoms with Gasteiger partial charge in [0.25, 0.3) is 0 Å². The number of rotatable bonds is 0. The molecule has 2 saturated carbocycles. The Morgan fingerprint density at radius 1 is 0.857 bits per heavy atom. The van der Waals surface area contributed by atoms with E-state index in [9.17, 15) is 9.59 Å². The normalized spacial score (nSPS) is 32.9. The molecule has 0 saturated heterocycles. The topological polar surface area (TPSA) is 34.1 Å². The molecule has 0 aromatic heterocycles. The molecule has 2 atom stereocenters. The second kappa shape index (κ2) is 4.72. The minimum Gasteiger partial charge on any atom is -0.299 e. The van der Waals surface area contributed by atoms with E-state index in [4.69, 9.17) is 0 Å². The number of carbonyl (C=O) groups excluding carboxylic acids is 2. The highest BCUT2D eigenvalue weighted by Gasteiger charge is 2.33. The van der Waals surface area contributed by atoms with Crippen LogP contribution in [0.3, 0.4) is 0 Å². The lowest BCUT2D eigenvalue weighted by Crippen LogP contribution is -2.12. The summed E-state index contributed by atoms with van der Waals surface area (Å²) in [6.07, 6.45) is 6.07. The van der Waals surface area contributed by atoms with E-state index in [1.807, 2.05) is 0 Å². The molecule has 78 valence electrons. The Morgan fingerprint density at radius 3 is 1.71 bits per heavy atom. The van der Waals surface area contributed by atoms with Crippen LogP contribution in [-0.2, 0) is 9.59 Å². The first-order valence-corrected chi connectivity index (χ1v) is 5.33. The van der Waals surface area contributed by atoms with E-state index in [1.54, 1.807) is 0 Å². The Bertz CT molecular complexity index is 208. The van der Waals surface area contributed by atoms with Crippen molar-refractivity contribution in [1.82, 2.24) is 0 Å². The van der Waals surface area contributed by atoms with Crippen molar-refractivity contribution in [2.45, 2.75) is 44.9 Å². The molecule has 0 aliphatic heterocycles. The lowest BCUT2D eigenvalue weighted by atomic mass is 9.97. The molecule has 2 aliphatic carbocycles. The van der Waals surface area contributed by atoms with Crippen molar-refractivity contribution in [2.24, 2.45) is 11.8 Å². The van der Waals surface area contributed by atoms with Gasteiger partial charge in [-0.3, -0.25) is 9.59 Å². The number of hydrogen-bond donors (Lipinski definition) is 0. The maximum Gasteiger partial charge on any atom is 0.136 e. The zero-order chi connectivity index (χ0) is 9.26. The summed E-state index contributed by atoms with van der Waals surface area (Å²) in [6, 6.07) is 0. The van der Waals surface area contributed by atoms with E-state index >= 15 is 0 Å². The van der Waals surface area contributed by atoms with Gasteiger partial charge in [0.15, 0.2) is 0 Å².